The van der Waals surface area contributed by atoms with Gasteiger partial charge in [-0.15, -0.1) is 0 Å². The number of aromatic nitrogens is 4. The molecule has 0 saturated heterocycles. The van der Waals surface area contributed by atoms with Crippen molar-refractivity contribution in [3.8, 4) is 11.4 Å². The van der Waals surface area contributed by atoms with Crippen molar-refractivity contribution in [3.05, 3.63) is 63.1 Å². The van der Waals surface area contributed by atoms with Gasteiger partial charge in [-0.25, -0.2) is 4.68 Å². The Bertz CT molecular complexity index is 1010. The minimum absolute atomic E-state index is 0.454. The second-order valence-electron chi connectivity index (χ2n) is 6.85. The van der Waals surface area contributed by atoms with E-state index in [1.54, 1.807) is 12.4 Å². The quantitative estimate of drug-likeness (QED) is 0.514. The number of benzene rings is 1. The third kappa shape index (κ3) is 4.09. The first-order valence-corrected chi connectivity index (χ1v) is 9.91. The van der Waals surface area contributed by atoms with Crippen LogP contribution in [0.5, 0.6) is 0 Å². The largest absolute Gasteiger partial charge is 0.297 e. The topological polar surface area (TPSA) is 38.9 Å². The lowest BCUT2D eigenvalue weighted by molar-refractivity contribution is 0.244. The van der Waals surface area contributed by atoms with Gasteiger partial charge >= 0.3 is 0 Å². The lowest BCUT2D eigenvalue weighted by Crippen LogP contribution is -2.22. The minimum atomic E-state index is 0.454. The lowest BCUT2D eigenvalue weighted by atomic mass is 10.2. The van der Waals surface area contributed by atoms with Gasteiger partial charge in [0.2, 0.25) is 0 Å². The Kier molecular flexibility index (Phi) is 5.32. The highest BCUT2D eigenvalue weighted by molar-refractivity contribution is 7.71. The summed E-state index contributed by atoms with van der Waals surface area (Å²) in [6.45, 7) is 1.32. The first-order valence-electron chi connectivity index (χ1n) is 8.75. The zero-order chi connectivity index (χ0) is 19.0. The number of hydrogen-bond donors (Lipinski definition) is 0. The van der Waals surface area contributed by atoms with E-state index in [0.29, 0.717) is 22.8 Å². The maximum Gasteiger partial charge on any atom is 0.199 e. The minimum Gasteiger partial charge on any atom is -0.297 e. The summed E-state index contributed by atoms with van der Waals surface area (Å²) in [5.41, 5.74) is 2.13. The van der Waals surface area contributed by atoms with Crippen molar-refractivity contribution in [2.45, 2.75) is 32.1 Å². The number of hydrogen-bond acceptors (Lipinski definition) is 4. The third-order valence-electron chi connectivity index (χ3n) is 4.53. The molecule has 1 saturated carbocycles. The van der Waals surface area contributed by atoms with Crippen LogP contribution in [0.15, 0.2) is 42.7 Å². The van der Waals surface area contributed by atoms with Crippen LogP contribution >= 0.6 is 35.4 Å². The molecule has 5 nitrogen and oxygen atoms in total. The normalized spacial score (nSPS) is 14.1. The fraction of sp³-hybridized carbons (Fsp3) is 0.316. The molecule has 0 N–H and O–H groups in total. The lowest BCUT2D eigenvalue weighted by Gasteiger charge is -2.16. The Hall–Kier alpha value is -1.73. The summed E-state index contributed by atoms with van der Waals surface area (Å²) in [5, 5.41) is 5.95. The summed E-state index contributed by atoms with van der Waals surface area (Å²) in [5.74, 6) is 0.910. The summed E-state index contributed by atoms with van der Waals surface area (Å²) in [6.07, 6.45) is 5.87. The average Bonchev–Trinajstić information content (AvgIpc) is 3.44. The molecule has 140 valence electrons. The number of nitrogens with zero attached hydrogens (tertiary/aromatic N) is 5. The van der Waals surface area contributed by atoms with E-state index in [1.807, 2.05) is 42.1 Å². The second-order valence-corrected chi connectivity index (χ2v) is 8.03. The first-order chi connectivity index (χ1) is 13.0. The molecular weight excluding hydrogens is 401 g/mol. The van der Waals surface area contributed by atoms with Gasteiger partial charge in [-0.1, -0.05) is 29.3 Å². The molecule has 1 aliphatic rings. The van der Waals surface area contributed by atoms with Crippen molar-refractivity contribution in [2.75, 3.05) is 7.05 Å². The molecule has 2 heterocycles. The molecule has 0 radical (unpaired) electrons. The Morgan fingerprint density at radius 3 is 2.56 bits per heavy atom. The van der Waals surface area contributed by atoms with E-state index in [9.17, 15) is 0 Å². The smallest absolute Gasteiger partial charge is 0.199 e. The van der Waals surface area contributed by atoms with E-state index in [-0.39, 0.29) is 0 Å². The molecule has 1 fully saturated rings. The van der Waals surface area contributed by atoms with Crippen LogP contribution in [0, 0.1) is 4.77 Å². The van der Waals surface area contributed by atoms with Crippen molar-refractivity contribution >= 4 is 35.4 Å². The fourth-order valence-electron chi connectivity index (χ4n) is 3.10. The Balaban J connectivity index is 1.58. The van der Waals surface area contributed by atoms with Gasteiger partial charge in [0, 0.05) is 30.5 Å². The number of rotatable bonds is 6. The van der Waals surface area contributed by atoms with Crippen LogP contribution in [0.2, 0.25) is 10.0 Å². The summed E-state index contributed by atoms with van der Waals surface area (Å²) in [6, 6.07) is 10.1. The summed E-state index contributed by atoms with van der Waals surface area (Å²) < 4.78 is 4.82. The van der Waals surface area contributed by atoms with Gasteiger partial charge in [0.25, 0.3) is 0 Å². The first kappa shape index (κ1) is 18.6. The second kappa shape index (κ2) is 7.72. The molecule has 2 aromatic heterocycles. The van der Waals surface area contributed by atoms with Crippen LogP contribution in [0.25, 0.3) is 11.4 Å². The van der Waals surface area contributed by atoms with Crippen LogP contribution in [-0.2, 0) is 13.2 Å². The molecule has 4 rings (SSSR count). The van der Waals surface area contributed by atoms with E-state index >= 15 is 0 Å². The predicted octanol–water partition coefficient (Wildman–Crippen LogP) is 5.21. The van der Waals surface area contributed by atoms with E-state index in [4.69, 9.17) is 40.5 Å². The average molecular weight is 420 g/mol. The van der Waals surface area contributed by atoms with E-state index in [1.165, 1.54) is 0 Å². The standard InChI is InChI=1S/C19H19Cl2N5S/c1-24(11-13-2-5-16(20)17(21)10-13)12-25-19(27)26(15-3-4-15)18(23-25)14-6-8-22-9-7-14/h2,5-10,15H,3-4,11-12H2,1H3. The van der Waals surface area contributed by atoms with Gasteiger partial charge in [-0.3, -0.25) is 14.5 Å². The molecule has 0 unspecified atom stereocenters. The van der Waals surface area contributed by atoms with Gasteiger partial charge in [-0.2, -0.15) is 5.10 Å². The molecule has 0 aliphatic heterocycles. The highest BCUT2D eigenvalue weighted by atomic mass is 35.5. The van der Waals surface area contributed by atoms with Crippen molar-refractivity contribution in [1.29, 1.82) is 0 Å². The number of pyridine rings is 1. The van der Waals surface area contributed by atoms with E-state index in [0.717, 1.165) is 41.1 Å². The van der Waals surface area contributed by atoms with E-state index in [2.05, 4.69) is 14.5 Å². The third-order valence-corrected chi connectivity index (χ3v) is 5.68. The zero-order valence-electron chi connectivity index (χ0n) is 14.8. The van der Waals surface area contributed by atoms with Crippen LogP contribution in [0.1, 0.15) is 24.4 Å². The summed E-state index contributed by atoms with van der Waals surface area (Å²) in [4.78, 5) is 6.25. The number of halogens is 2. The molecule has 0 amide bonds. The van der Waals surface area contributed by atoms with Crippen LogP contribution in [0.3, 0.4) is 0 Å². The van der Waals surface area contributed by atoms with Crippen LogP contribution < -0.4 is 0 Å². The van der Waals surface area contributed by atoms with Gasteiger partial charge in [0.1, 0.15) is 0 Å². The molecule has 1 aromatic carbocycles. The Morgan fingerprint density at radius 2 is 1.89 bits per heavy atom. The highest BCUT2D eigenvalue weighted by Gasteiger charge is 2.29. The zero-order valence-corrected chi connectivity index (χ0v) is 17.2. The maximum absolute atomic E-state index is 6.12. The van der Waals surface area contributed by atoms with Crippen molar-refractivity contribution < 1.29 is 0 Å². The molecule has 0 atom stereocenters. The Morgan fingerprint density at radius 1 is 1.15 bits per heavy atom. The monoisotopic (exact) mass is 419 g/mol. The summed E-state index contributed by atoms with van der Waals surface area (Å²) in [7, 11) is 2.03. The van der Waals surface area contributed by atoms with Gasteiger partial charge in [0.05, 0.1) is 16.7 Å². The molecule has 27 heavy (non-hydrogen) atoms. The van der Waals surface area contributed by atoms with E-state index < -0.39 is 0 Å². The molecule has 8 heteroatoms. The molecule has 0 bridgehead atoms. The molecule has 0 spiro atoms. The summed E-state index contributed by atoms with van der Waals surface area (Å²) >= 11 is 17.9. The highest BCUT2D eigenvalue weighted by Crippen LogP contribution is 2.38. The van der Waals surface area contributed by atoms with Gasteiger partial charge in [0.15, 0.2) is 10.6 Å². The molecule has 3 aromatic rings. The fourth-order valence-corrected chi connectivity index (χ4v) is 3.76. The maximum atomic E-state index is 6.12. The van der Waals surface area contributed by atoms with Gasteiger partial charge < -0.3 is 0 Å². The molecule has 1 aliphatic carbocycles. The Labute approximate surface area is 173 Å². The van der Waals surface area contributed by atoms with Crippen LogP contribution in [0.4, 0.5) is 0 Å². The predicted molar refractivity (Wildman–Crippen MR) is 110 cm³/mol. The van der Waals surface area contributed by atoms with Crippen molar-refractivity contribution in [1.82, 2.24) is 24.2 Å². The SMILES string of the molecule is CN(Cc1ccc(Cl)c(Cl)c1)Cn1nc(-c2ccncc2)n(C2CC2)c1=S. The van der Waals surface area contributed by atoms with Gasteiger partial charge in [-0.05, 0) is 61.9 Å². The molecular formula is C19H19Cl2N5S. The van der Waals surface area contributed by atoms with Crippen molar-refractivity contribution in [3.63, 3.8) is 0 Å². The van der Waals surface area contributed by atoms with Crippen molar-refractivity contribution in [2.24, 2.45) is 0 Å². The van der Waals surface area contributed by atoms with Crippen LogP contribution in [-0.4, -0.2) is 31.3 Å².